The van der Waals surface area contributed by atoms with Crippen LogP contribution < -0.4 is 0 Å². The summed E-state index contributed by atoms with van der Waals surface area (Å²) < 4.78 is 0. The van der Waals surface area contributed by atoms with Crippen LogP contribution in [-0.2, 0) is 32.7 Å². The van der Waals surface area contributed by atoms with Crippen LogP contribution in [0, 0.1) is 19.6 Å². The predicted octanol–water partition coefficient (Wildman–Crippen LogP) is 12.5. The van der Waals surface area contributed by atoms with Crippen molar-refractivity contribution in [3.63, 3.8) is 0 Å². The van der Waals surface area contributed by atoms with Gasteiger partial charge >= 0.3 is 0 Å². The Hall–Kier alpha value is -0.886. The summed E-state index contributed by atoms with van der Waals surface area (Å²) in [5.74, 6) is 0.230. The first kappa shape index (κ1) is 42.1. The molecule has 0 aromatic heterocycles. The Morgan fingerprint density at radius 3 is 1.40 bits per heavy atom. The van der Waals surface area contributed by atoms with Crippen molar-refractivity contribution in [2.24, 2.45) is 0 Å². The van der Waals surface area contributed by atoms with Crippen LogP contribution in [0.5, 0.6) is 0 Å². The van der Waals surface area contributed by atoms with E-state index >= 15 is 0 Å². The zero-order chi connectivity index (χ0) is 33.0. The number of rotatable bonds is 6. The molecule has 2 aliphatic carbocycles. The maximum atomic E-state index is 5.36. The van der Waals surface area contributed by atoms with Crippen LogP contribution in [0.3, 0.4) is 0 Å². The molecule has 0 saturated heterocycles. The maximum Gasteiger partial charge on any atom is 0 e. The minimum absolute atomic E-state index is 0. The molecule has 0 N–H and O–H groups in total. The summed E-state index contributed by atoms with van der Waals surface area (Å²) in [7, 11) is -2.58. The summed E-state index contributed by atoms with van der Waals surface area (Å²) in [5, 5.41) is 10.6. The summed E-state index contributed by atoms with van der Waals surface area (Å²) in [6.45, 7) is 32.4. The zero-order valence-electron chi connectivity index (χ0n) is 30.0. The van der Waals surface area contributed by atoms with Crippen LogP contribution in [0.1, 0.15) is 54.7 Å². The molecule has 45 heavy (non-hydrogen) atoms. The third-order valence-electron chi connectivity index (χ3n) is 6.42. The van der Waals surface area contributed by atoms with Gasteiger partial charge in [-0.3, -0.25) is 0 Å². The molecule has 5 rings (SSSR count). The van der Waals surface area contributed by atoms with Gasteiger partial charge in [0, 0.05) is 26.2 Å². The molecular formula is C39H61N2Si3Zr-5. The van der Waals surface area contributed by atoms with E-state index in [2.05, 4.69) is 157 Å². The first-order chi connectivity index (χ1) is 20.4. The van der Waals surface area contributed by atoms with E-state index in [0.717, 1.165) is 6.54 Å². The van der Waals surface area contributed by atoms with Gasteiger partial charge in [-0.15, -0.1) is 36.8 Å². The van der Waals surface area contributed by atoms with Crippen LogP contribution >= 0.6 is 0 Å². The fourth-order valence-electron chi connectivity index (χ4n) is 4.98. The quantitative estimate of drug-likeness (QED) is 0.178. The van der Waals surface area contributed by atoms with E-state index in [4.69, 9.17) is 10.6 Å². The van der Waals surface area contributed by atoms with Gasteiger partial charge in [0.2, 0.25) is 0 Å². The second-order valence-corrected chi connectivity index (χ2v) is 31.4. The molecule has 3 aromatic carbocycles. The third-order valence-corrected chi connectivity index (χ3v) is 6.42. The van der Waals surface area contributed by atoms with Gasteiger partial charge in [0.25, 0.3) is 0 Å². The Labute approximate surface area is 301 Å². The topological polar surface area (TPSA) is 28.2 Å². The number of benzene rings is 3. The standard InChI is InChI=1S/C27H28N2.3C4H11Si.Zr/c1-3-11-20(12-4-1)19-28-27(29-21-13-5-2-6-14-21)26-24-17-9-7-15-22(24)23-16-8-10-18-25(23)26;3*1-5(2,3)4;/h1,3-4,7-12,15-18,21,26-27H,2,5-6,13-14,19H2;3*1H2,2-4H3;/q-2;3*-1;. The molecule has 1 saturated carbocycles. The first-order valence-corrected chi connectivity index (χ1v) is 27.7. The van der Waals surface area contributed by atoms with Crippen LogP contribution in [0.4, 0.5) is 0 Å². The Morgan fingerprint density at radius 1 is 0.600 bits per heavy atom. The molecule has 248 valence electrons. The van der Waals surface area contributed by atoms with Gasteiger partial charge in [0.15, 0.2) is 0 Å². The SMILES string of the molecule is [CH2-][Si](C)(C)C.[CH2-][Si](C)(C)C.[CH2-][Si](C)(C)C.[Zr].c1ccc(C[N-]C([N-]C2CCCCC2)C2c3ccccc3-c3ccccc32)cc1. The molecule has 2 nitrogen and oxygen atoms in total. The van der Waals surface area contributed by atoms with E-state index in [1.807, 2.05) is 0 Å². The second kappa shape index (κ2) is 19.8. The molecule has 0 spiro atoms. The molecule has 0 bridgehead atoms. The van der Waals surface area contributed by atoms with Crippen molar-refractivity contribution in [2.75, 3.05) is 0 Å². The van der Waals surface area contributed by atoms with Crippen molar-refractivity contribution in [3.05, 3.63) is 126 Å². The van der Waals surface area contributed by atoms with Crippen molar-refractivity contribution in [3.8, 4) is 11.1 Å². The fraction of sp³-hybridized carbons (Fsp3) is 0.462. The van der Waals surface area contributed by atoms with E-state index < -0.39 is 24.2 Å². The van der Waals surface area contributed by atoms with Gasteiger partial charge in [-0.1, -0.05) is 175 Å². The van der Waals surface area contributed by atoms with Gasteiger partial charge in [-0.2, -0.15) is 0 Å². The summed E-state index contributed by atoms with van der Waals surface area (Å²) in [4.78, 5) is 0. The number of hydrogen-bond acceptors (Lipinski definition) is 0. The molecule has 0 heterocycles. The molecule has 3 aromatic rings. The van der Waals surface area contributed by atoms with E-state index in [1.54, 1.807) is 0 Å². The molecule has 1 fully saturated rings. The van der Waals surface area contributed by atoms with Crippen molar-refractivity contribution in [1.82, 2.24) is 0 Å². The zero-order valence-corrected chi connectivity index (χ0v) is 35.5. The van der Waals surface area contributed by atoms with Gasteiger partial charge in [0.1, 0.15) is 0 Å². The number of nitrogens with zero attached hydrogens (tertiary/aromatic N) is 2. The van der Waals surface area contributed by atoms with Gasteiger partial charge < -0.3 is 30.3 Å². The minimum atomic E-state index is -0.861. The molecular weight excluding hydrogens is 672 g/mol. The van der Waals surface area contributed by atoms with Crippen LogP contribution in [0.25, 0.3) is 21.8 Å². The Bertz CT molecular complexity index is 1130. The van der Waals surface area contributed by atoms with Gasteiger partial charge in [-0.25, -0.2) is 6.17 Å². The average molecular weight is 733 g/mol. The van der Waals surface area contributed by atoms with Crippen molar-refractivity contribution in [1.29, 1.82) is 0 Å². The van der Waals surface area contributed by atoms with E-state index in [1.165, 1.54) is 59.9 Å². The molecule has 1 atom stereocenters. The molecule has 0 radical (unpaired) electrons. The summed E-state index contributed by atoms with van der Waals surface area (Å²) >= 11 is 0. The minimum Gasteiger partial charge on any atom is -0.674 e. The van der Waals surface area contributed by atoms with Crippen molar-refractivity contribution >= 4 is 24.2 Å². The molecule has 0 aliphatic heterocycles. The third kappa shape index (κ3) is 18.9. The largest absolute Gasteiger partial charge is 0.674 e. The molecule has 2 aliphatic rings. The van der Waals surface area contributed by atoms with E-state index in [0.29, 0.717) is 6.04 Å². The molecule has 6 heteroatoms. The predicted molar refractivity (Wildman–Crippen MR) is 207 cm³/mol. The molecule has 1 unspecified atom stereocenters. The van der Waals surface area contributed by atoms with Crippen LogP contribution in [0.15, 0.2) is 78.9 Å². The van der Waals surface area contributed by atoms with Gasteiger partial charge in [-0.05, 0) is 28.2 Å². The normalized spacial score (nSPS) is 15.4. The fourth-order valence-corrected chi connectivity index (χ4v) is 4.98. The Morgan fingerprint density at radius 2 is 0.978 bits per heavy atom. The summed E-state index contributed by atoms with van der Waals surface area (Å²) in [6, 6.07) is 28.7. The van der Waals surface area contributed by atoms with Crippen molar-refractivity contribution < 1.29 is 26.2 Å². The van der Waals surface area contributed by atoms with Gasteiger partial charge in [0.05, 0.1) is 0 Å². The molecule has 0 amide bonds. The first-order valence-electron chi connectivity index (χ1n) is 16.5. The number of hydrogen-bond donors (Lipinski definition) is 0. The maximum absolute atomic E-state index is 5.36. The smallest absolute Gasteiger partial charge is 0 e. The summed E-state index contributed by atoms with van der Waals surface area (Å²) in [6.07, 6.45) is 6.37. The average Bonchev–Trinajstić information content (AvgIpc) is 3.24. The Kier molecular flexibility index (Phi) is 18.6. The van der Waals surface area contributed by atoms with Crippen molar-refractivity contribution in [2.45, 2.75) is 116 Å². The van der Waals surface area contributed by atoms with Crippen LogP contribution in [-0.4, -0.2) is 36.4 Å². The van der Waals surface area contributed by atoms with E-state index in [-0.39, 0.29) is 38.3 Å². The second-order valence-electron chi connectivity index (χ2n) is 16.0. The summed E-state index contributed by atoms with van der Waals surface area (Å²) in [5.41, 5.74) is 6.74. The Balaban J connectivity index is 0.000000532. The number of fused-ring (bicyclic) bond motifs is 3. The van der Waals surface area contributed by atoms with Crippen LogP contribution in [0.2, 0.25) is 58.9 Å². The van der Waals surface area contributed by atoms with E-state index in [9.17, 15) is 0 Å². The monoisotopic (exact) mass is 731 g/mol.